The van der Waals surface area contributed by atoms with Crippen molar-refractivity contribution in [1.29, 1.82) is 0 Å². The van der Waals surface area contributed by atoms with Crippen LogP contribution >= 0.6 is 0 Å². The molecule has 1 aromatic rings. The summed E-state index contributed by atoms with van der Waals surface area (Å²) in [6.07, 6.45) is 13.0. The van der Waals surface area contributed by atoms with Crippen LogP contribution in [-0.2, 0) is 16.1 Å². The summed E-state index contributed by atoms with van der Waals surface area (Å²) < 4.78 is 6.66. The summed E-state index contributed by atoms with van der Waals surface area (Å²) in [7, 11) is 0. The van der Waals surface area contributed by atoms with Gasteiger partial charge in [-0.1, -0.05) is 62.8 Å². The lowest BCUT2D eigenvalue weighted by Crippen LogP contribution is -2.56. The van der Waals surface area contributed by atoms with Gasteiger partial charge in [0.25, 0.3) is 0 Å². The van der Waals surface area contributed by atoms with Crippen molar-refractivity contribution in [3.05, 3.63) is 24.0 Å². The Morgan fingerprint density at radius 1 is 1.00 bits per heavy atom. The Labute approximate surface area is 208 Å². The molecular formula is C25H44N4O6. The van der Waals surface area contributed by atoms with E-state index in [2.05, 4.69) is 34.7 Å². The minimum atomic E-state index is -1.49. The molecule has 1 fully saturated rings. The molecule has 0 bridgehead atoms. The van der Waals surface area contributed by atoms with E-state index in [0.29, 0.717) is 12.1 Å². The maximum atomic E-state index is 12.1. The minimum Gasteiger partial charge on any atom is -0.394 e. The Kier molecular flexibility index (Phi) is 14.1. The second kappa shape index (κ2) is 16.8. The zero-order chi connectivity index (χ0) is 25.5. The Bertz CT molecular complexity index is 741. The molecule has 35 heavy (non-hydrogen) atoms. The third-order valence-electron chi connectivity index (χ3n) is 6.32. The molecule has 1 aromatic heterocycles. The highest BCUT2D eigenvalue weighted by Crippen LogP contribution is 2.27. The van der Waals surface area contributed by atoms with Gasteiger partial charge in [0.1, 0.15) is 30.1 Å². The third-order valence-corrected chi connectivity index (χ3v) is 6.32. The lowest BCUT2D eigenvalue weighted by atomic mass is 9.98. The molecule has 1 aliphatic heterocycles. The first-order valence-corrected chi connectivity index (χ1v) is 13.1. The van der Waals surface area contributed by atoms with Gasteiger partial charge in [0, 0.05) is 6.42 Å². The van der Waals surface area contributed by atoms with Crippen molar-refractivity contribution in [1.82, 2.24) is 20.3 Å². The zero-order valence-corrected chi connectivity index (χ0v) is 21.0. The monoisotopic (exact) mass is 496 g/mol. The smallest absolute Gasteiger partial charge is 0.220 e. The number of nitrogens with one attached hydrogen (secondary N) is 1. The first-order chi connectivity index (χ1) is 17.0. The number of amides is 1. The number of nitrogens with zero attached hydrogens (tertiary/aromatic N) is 3. The number of aliphatic hydroxyl groups is 4. The van der Waals surface area contributed by atoms with Gasteiger partial charge in [0.05, 0.1) is 19.3 Å². The van der Waals surface area contributed by atoms with E-state index in [1.165, 1.54) is 55.8 Å². The van der Waals surface area contributed by atoms with Crippen LogP contribution in [0.5, 0.6) is 0 Å². The molecule has 10 nitrogen and oxygen atoms in total. The first kappa shape index (κ1) is 29.4. The highest BCUT2D eigenvalue weighted by molar-refractivity contribution is 5.75. The van der Waals surface area contributed by atoms with E-state index in [0.717, 1.165) is 25.7 Å². The quantitative estimate of drug-likeness (QED) is 0.163. The number of aromatic nitrogens is 3. The van der Waals surface area contributed by atoms with Crippen LogP contribution in [0.25, 0.3) is 0 Å². The van der Waals surface area contributed by atoms with E-state index in [4.69, 9.17) is 4.74 Å². The predicted octanol–water partition coefficient (Wildman–Crippen LogP) is 2.12. The Morgan fingerprint density at radius 2 is 1.66 bits per heavy atom. The summed E-state index contributed by atoms with van der Waals surface area (Å²) >= 11 is 0. The lowest BCUT2D eigenvalue weighted by molar-refractivity contribution is -0.254. The van der Waals surface area contributed by atoms with Crippen LogP contribution in [0.3, 0.4) is 0 Å². The summed E-state index contributed by atoms with van der Waals surface area (Å²) in [6.45, 7) is 1.89. The molecule has 1 amide bonds. The van der Waals surface area contributed by atoms with Crippen molar-refractivity contribution in [2.24, 2.45) is 0 Å². The van der Waals surface area contributed by atoms with Crippen LogP contribution in [0.2, 0.25) is 0 Å². The Balaban J connectivity index is 1.55. The summed E-state index contributed by atoms with van der Waals surface area (Å²) in [5, 5.41) is 49.9. The second-order valence-electron chi connectivity index (χ2n) is 9.31. The molecule has 1 saturated heterocycles. The van der Waals surface area contributed by atoms with E-state index in [9.17, 15) is 25.2 Å². The van der Waals surface area contributed by atoms with Gasteiger partial charge in [-0.15, -0.1) is 5.10 Å². The van der Waals surface area contributed by atoms with E-state index < -0.39 is 37.3 Å². The number of carbonyl (C=O) groups excluding carboxylic acids is 1. The fourth-order valence-electron chi connectivity index (χ4n) is 4.10. The molecule has 2 rings (SSSR count). The number of hydrogen-bond donors (Lipinski definition) is 5. The predicted molar refractivity (Wildman–Crippen MR) is 131 cm³/mol. The average molecular weight is 497 g/mol. The van der Waals surface area contributed by atoms with E-state index in [1.54, 1.807) is 0 Å². The van der Waals surface area contributed by atoms with Crippen LogP contribution in [0, 0.1) is 0 Å². The van der Waals surface area contributed by atoms with Crippen LogP contribution in [0.1, 0.15) is 95.9 Å². The lowest BCUT2D eigenvalue weighted by Gasteiger charge is -2.39. The molecular weight excluding hydrogens is 452 g/mol. The average Bonchev–Trinajstić information content (AvgIpc) is 3.33. The first-order valence-electron chi connectivity index (χ1n) is 13.1. The van der Waals surface area contributed by atoms with Gasteiger partial charge >= 0.3 is 0 Å². The SMILES string of the molecule is CCCCCC/C=C/CCCCCCCC(=O)NCc1cn([C@@H]2O[C@H](CO)[C@@H](O)[C@H](O)[C@H]2O)nn1. The number of hydrogen-bond acceptors (Lipinski definition) is 8. The Hall–Kier alpha value is -1.85. The van der Waals surface area contributed by atoms with Gasteiger partial charge in [0.15, 0.2) is 6.23 Å². The molecule has 0 spiro atoms. The largest absolute Gasteiger partial charge is 0.394 e. The van der Waals surface area contributed by atoms with Gasteiger partial charge in [-0.25, -0.2) is 4.68 Å². The maximum Gasteiger partial charge on any atom is 0.220 e. The molecule has 200 valence electrons. The fraction of sp³-hybridized carbons (Fsp3) is 0.800. The molecule has 5 atom stereocenters. The zero-order valence-electron chi connectivity index (χ0n) is 21.0. The van der Waals surface area contributed by atoms with Crippen LogP contribution in [0.15, 0.2) is 18.3 Å². The van der Waals surface area contributed by atoms with Crippen molar-refractivity contribution in [3.63, 3.8) is 0 Å². The van der Waals surface area contributed by atoms with E-state index in [-0.39, 0.29) is 12.5 Å². The molecule has 1 aliphatic rings. The van der Waals surface area contributed by atoms with E-state index >= 15 is 0 Å². The number of ether oxygens (including phenoxy) is 1. The third kappa shape index (κ3) is 10.3. The van der Waals surface area contributed by atoms with Crippen molar-refractivity contribution in [3.8, 4) is 0 Å². The molecule has 10 heteroatoms. The number of aliphatic hydroxyl groups excluding tert-OH is 4. The highest BCUT2D eigenvalue weighted by atomic mass is 16.6. The normalized spacial score (nSPS) is 24.8. The number of allylic oxidation sites excluding steroid dienone is 2. The van der Waals surface area contributed by atoms with Gasteiger partial charge in [-0.05, 0) is 32.1 Å². The summed E-state index contributed by atoms with van der Waals surface area (Å²) in [4.78, 5) is 12.1. The van der Waals surface area contributed by atoms with Crippen LogP contribution in [-0.4, -0.2) is 72.3 Å². The molecule has 0 saturated carbocycles. The summed E-state index contributed by atoms with van der Waals surface area (Å²) in [5.74, 6) is -0.0570. The van der Waals surface area contributed by atoms with Gasteiger partial charge in [0.2, 0.25) is 5.91 Å². The molecule has 0 aliphatic carbocycles. The van der Waals surface area contributed by atoms with Gasteiger partial charge in [-0.3, -0.25) is 4.79 Å². The van der Waals surface area contributed by atoms with Crippen molar-refractivity contribution < 1.29 is 30.0 Å². The number of rotatable bonds is 17. The second-order valence-corrected chi connectivity index (χ2v) is 9.31. The molecule has 0 aromatic carbocycles. The molecule has 0 unspecified atom stereocenters. The highest BCUT2D eigenvalue weighted by Gasteiger charge is 2.44. The minimum absolute atomic E-state index is 0.0570. The fourth-order valence-corrected chi connectivity index (χ4v) is 4.10. The molecule has 2 heterocycles. The van der Waals surface area contributed by atoms with Crippen molar-refractivity contribution in [2.45, 2.75) is 121 Å². The number of carbonyl (C=O) groups is 1. The van der Waals surface area contributed by atoms with Crippen LogP contribution < -0.4 is 5.32 Å². The van der Waals surface area contributed by atoms with E-state index in [1.807, 2.05) is 0 Å². The Morgan fingerprint density at radius 3 is 2.34 bits per heavy atom. The molecule has 5 N–H and O–H groups in total. The summed E-state index contributed by atoms with van der Waals surface area (Å²) in [5.41, 5.74) is 0.466. The van der Waals surface area contributed by atoms with Crippen molar-refractivity contribution >= 4 is 5.91 Å². The number of unbranched alkanes of at least 4 members (excludes halogenated alkanes) is 9. The maximum absolute atomic E-state index is 12.1. The topological polar surface area (TPSA) is 150 Å². The van der Waals surface area contributed by atoms with Crippen molar-refractivity contribution in [2.75, 3.05) is 6.61 Å². The summed E-state index contributed by atoms with van der Waals surface area (Å²) in [6, 6.07) is 0. The van der Waals surface area contributed by atoms with Crippen LogP contribution in [0.4, 0.5) is 0 Å². The van der Waals surface area contributed by atoms with Gasteiger partial charge in [-0.2, -0.15) is 0 Å². The standard InChI is InChI=1S/C25H44N4O6/c1-2-3-4-5-6-7-8-9-10-11-12-13-14-15-21(31)26-16-19-17-29(28-27-19)25-24(34)23(33)22(32)20(18-30)35-25/h7-8,17,20,22-25,30,32-34H,2-6,9-16,18H2,1H3,(H,26,31)/b8-7+/t20-,22-,23+,24-,25-/m1/s1. The molecule has 0 radical (unpaired) electrons. The van der Waals surface area contributed by atoms with Gasteiger partial charge < -0.3 is 30.5 Å².